The summed E-state index contributed by atoms with van der Waals surface area (Å²) >= 11 is 0. The SMILES string of the molecule is CC(NC(=O)CCCOCCc1ccccc1)c1ccc(NC(=O)C2CC2)cc1. The molecule has 1 fully saturated rings. The highest BCUT2D eigenvalue weighted by Crippen LogP contribution is 2.30. The minimum absolute atomic E-state index is 0.0234. The second-order valence-electron chi connectivity index (χ2n) is 7.63. The molecule has 1 atom stereocenters. The second kappa shape index (κ2) is 10.8. The van der Waals surface area contributed by atoms with Gasteiger partial charge in [-0.05, 0) is 55.9 Å². The fourth-order valence-electron chi connectivity index (χ4n) is 3.11. The van der Waals surface area contributed by atoms with Crippen molar-refractivity contribution in [2.75, 3.05) is 18.5 Å². The third-order valence-electron chi connectivity index (χ3n) is 5.07. The largest absolute Gasteiger partial charge is 0.381 e. The van der Waals surface area contributed by atoms with Crippen LogP contribution in [0.5, 0.6) is 0 Å². The van der Waals surface area contributed by atoms with Gasteiger partial charge in [-0.2, -0.15) is 0 Å². The maximum atomic E-state index is 12.2. The lowest BCUT2D eigenvalue weighted by atomic mass is 10.1. The molecule has 2 aromatic carbocycles. The number of hydrogen-bond donors (Lipinski definition) is 2. The summed E-state index contributed by atoms with van der Waals surface area (Å²) < 4.78 is 5.63. The molecule has 5 nitrogen and oxygen atoms in total. The third-order valence-corrected chi connectivity index (χ3v) is 5.07. The van der Waals surface area contributed by atoms with E-state index in [0.717, 1.165) is 30.5 Å². The Labute approximate surface area is 172 Å². The Morgan fingerprint density at radius 2 is 1.76 bits per heavy atom. The Hall–Kier alpha value is -2.66. The number of rotatable bonds is 11. The van der Waals surface area contributed by atoms with Crippen LogP contribution in [0.4, 0.5) is 5.69 Å². The predicted molar refractivity (Wildman–Crippen MR) is 115 cm³/mol. The standard InChI is InChI=1S/C24H30N2O3/c1-18(20-11-13-22(14-12-20)26-24(28)21-9-10-21)25-23(27)8-5-16-29-17-15-19-6-3-2-4-7-19/h2-4,6-7,11-14,18,21H,5,8-10,15-17H2,1H3,(H,25,27)(H,26,28). The van der Waals surface area contributed by atoms with Gasteiger partial charge in [0.1, 0.15) is 0 Å². The number of anilines is 1. The van der Waals surface area contributed by atoms with Crippen LogP contribution in [-0.4, -0.2) is 25.0 Å². The molecule has 0 heterocycles. The molecule has 1 saturated carbocycles. The molecule has 2 N–H and O–H groups in total. The average Bonchev–Trinajstić information content (AvgIpc) is 3.57. The van der Waals surface area contributed by atoms with Gasteiger partial charge in [0.15, 0.2) is 0 Å². The van der Waals surface area contributed by atoms with Crippen molar-refractivity contribution in [2.45, 2.75) is 45.1 Å². The van der Waals surface area contributed by atoms with E-state index in [0.29, 0.717) is 26.1 Å². The molecule has 0 spiro atoms. The van der Waals surface area contributed by atoms with Crippen molar-refractivity contribution >= 4 is 17.5 Å². The van der Waals surface area contributed by atoms with Crippen molar-refractivity contribution in [1.82, 2.24) is 5.32 Å². The molecule has 0 aliphatic heterocycles. The van der Waals surface area contributed by atoms with Gasteiger partial charge in [-0.15, -0.1) is 0 Å². The fraction of sp³-hybridized carbons (Fsp3) is 0.417. The van der Waals surface area contributed by atoms with Crippen LogP contribution in [0.2, 0.25) is 0 Å². The van der Waals surface area contributed by atoms with Gasteiger partial charge in [-0.1, -0.05) is 42.5 Å². The summed E-state index contributed by atoms with van der Waals surface area (Å²) in [5.41, 5.74) is 3.08. The number of amides is 2. The molecular formula is C24H30N2O3. The van der Waals surface area contributed by atoms with Gasteiger partial charge >= 0.3 is 0 Å². The van der Waals surface area contributed by atoms with E-state index in [2.05, 4.69) is 22.8 Å². The second-order valence-corrected chi connectivity index (χ2v) is 7.63. The van der Waals surface area contributed by atoms with E-state index in [1.807, 2.05) is 49.4 Å². The molecule has 0 radical (unpaired) electrons. The van der Waals surface area contributed by atoms with Crippen LogP contribution >= 0.6 is 0 Å². The van der Waals surface area contributed by atoms with E-state index in [9.17, 15) is 9.59 Å². The molecule has 154 valence electrons. The summed E-state index contributed by atoms with van der Waals surface area (Å²) in [6, 6.07) is 17.8. The maximum Gasteiger partial charge on any atom is 0.227 e. The zero-order chi connectivity index (χ0) is 20.5. The Morgan fingerprint density at radius 1 is 1.03 bits per heavy atom. The zero-order valence-corrected chi connectivity index (χ0v) is 17.0. The first-order valence-corrected chi connectivity index (χ1v) is 10.4. The minimum atomic E-state index is -0.0744. The van der Waals surface area contributed by atoms with E-state index < -0.39 is 0 Å². The molecule has 2 amide bonds. The summed E-state index contributed by atoms with van der Waals surface area (Å²) in [4.78, 5) is 24.0. The number of carbonyl (C=O) groups excluding carboxylic acids is 2. The minimum Gasteiger partial charge on any atom is -0.381 e. The van der Waals surface area contributed by atoms with E-state index in [1.54, 1.807) is 0 Å². The van der Waals surface area contributed by atoms with Gasteiger partial charge in [0.2, 0.25) is 11.8 Å². The van der Waals surface area contributed by atoms with Gasteiger partial charge in [0.25, 0.3) is 0 Å². The fourth-order valence-corrected chi connectivity index (χ4v) is 3.11. The highest BCUT2D eigenvalue weighted by molar-refractivity contribution is 5.94. The van der Waals surface area contributed by atoms with Crippen molar-refractivity contribution in [3.8, 4) is 0 Å². The van der Waals surface area contributed by atoms with Gasteiger partial charge in [-0.3, -0.25) is 9.59 Å². The van der Waals surface area contributed by atoms with Crippen LogP contribution in [0, 0.1) is 5.92 Å². The first kappa shape index (κ1) is 21.1. The van der Waals surface area contributed by atoms with Crippen LogP contribution < -0.4 is 10.6 Å². The van der Waals surface area contributed by atoms with Crippen LogP contribution in [0.3, 0.4) is 0 Å². The molecule has 3 rings (SSSR count). The van der Waals surface area contributed by atoms with Gasteiger partial charge < -0.3 is 15.4 Å². The quantitative estimate of drug-likeness (QED) is 0.560. The van der Waals surface area contributed by atoms with Crippen molar-refractivity contribution < 1.29 is 14.3 Å². The third kappa shape index (κ3) is 7.35. The topological polar surface area (TPSA) is 67.4 Å². The Balaban J connectivity index is 1.29. The molecule has 0 bridgehead atoms. The van der Waals surface area contributed by atoms with E-state index in [-0.39, 0.29) is 23.8 Å². The number of ether oxygens (including phenoxy) is 1. The molecule has 1 aliphatic carbocycles. The molecule has 1 aliphatic rings. The van der Waals surface area contributed by atoms with Gasteiger partial charge in [0, 0.05) is 24.6 Å². The summed E-state index contributed by atoms with van der Waals surface area (Å²) in [5.74, 6) is 0.315. The monoisotopic (exact) mass is 394 g/mol. The number of nitrogens with one attached hydrogen (secondary N) is 2. The lowest BCUT2D eigenvalue weighted by Crippen LogP contribution is -2.26. The number of hydrogen-bond acceptors (Lipinski definition) is 3. The first-order chi connectivity index (χ1) is 14.1. The summed E-state index contributed by atoms with van der Waals surface area (Å²) in [7, 11) is 0. The van der Waals surface area contributed by atoms with Crippen LogP contribution in [0.1, 0.15) is 49.8 Å². The normalized spacial score (nSPS) is 14.2. The molecule has 1 unspecified atom stereocenters. The van der Waals surface area contributed by atoms with Crippen molar-refractivity contribution in [1.29, 1.82) is 0 Å². The zero-order valence-electron chi connectivity index (χ0n) is 17.0. The summed E-state index contributed by atoms with van der Waals surface area (Å²) in [6.07, 6.45) is 4.03. The number of carbonyl (C=O) groups is 2. The van der Waals surface area contributed by atoms with Crippen LogP contribution in [-0.2, 0) is 20.7 Å². The van der Waals surface area contributed by atoms with Crippen molar-refractivity contribution in [3.05, 3.63) is 65.7 Å². The van der Waals surface area contributed by atoms with Gasteiger partial charge in [0.05, 0.1) is 12.6 Å². The number of benzene rings is 2. The molecule has 5 heteroatoms. The smallest absolute Gasteiger partial charge is 0.227 e. The highest BCUT2D eigenvalue weighted by Gasteiger charge is 2.29. The Kier molecular flexibility index (Phi) is 7.82. The Bertz CT molecular complexity index is 786. The van der Waals surface area contributed by atoms with Gasteiger partial charge in [-0.25, -0.2) is 0 Å². The molecule has 0 aromatic heterocycles. The van der Waals surface area contributed by atoms with Crippen molar-refractivity contribution in [2.24, 2.45) is 5.92 Å². The summed E-state index contributed by atoms with van der Waals surface area (Å²) in [5, 5.41) is 5.95. The molecular weight excluding hydrogens is 364 g/mol. The average molecular weight is 395 g/mol. The Morgan fingerprint density at radius 3 is 2.45 bits per heavy atom. The van der Waals surface area contributed by atoms with E-state index >= 15 is 0 Å². The highest BCUT2D eigenvalue weighted by atomic mass is 16.5. The molecule has 29 heavy (non-hydrogen) atoms. The first-order valence-electron chi connectivity index (χ1n) is 10.4. The maximum absolute atomic E-state index is 12.2. The van der Waals surface area contributed by atoms with Crippen molar-refractivity contribution in [3.63, 3.8) is 0 Å². The predicted octanol–water partition coefficient (Wildman–Crippen LogP) is 4.25. The van der Waals surface area contributed by atoms with E-state index in [1.165, 1.54) is 5.56 Å². The lowest BCUT2D eigenvalue weighted by Gasteiger charge is -2.15. The van der Waals surface area contributed by atoms with E-state index in [4.69, 9.17) is 4.74 Å². The van der Waals surface area contributed by atoms with Crippen LogP contribution in [0.15, 0.2) is 54.6 Å². The molecule has 2 aromatic rings. The lowest BCUT2D eigenvalue weighted by molar-refractivity contribution is -0.122. The summed E-state index contributed by atoms with van der Waals surface area (Å²) in [6.45, 7) is 3.22. The molecule has 0 saturated heterocycles. The van der Waals surface area contributed by atoms with Crippen LogP contribution in [0.25, 0.3) is 0 Å².